The Morgan fingerprint density at radius 2 is 1.49 bits per heavy atom. The Kier molecular flexibility index (Phi) is 8.47. The molecule has 0 bridgehead atoms. The Bertz CT molecular complexity index is 1780. The van der Waals surface area contributed by atoms with E-state index >= 15 is 0 Å². The molecule has 0 unspecified atom stereocenters. The van der Waals surface area contributed by atoms with Crippen molar-refractivity contribution in [3.8, 4) is 5.75 Å². The number of piperazine rings is 1. The minimum atomic E-state index is -0.452. The molecular weight excluding hydrogens is 568 g/mol. The molecule has 0 aromatic heterocycles. The molecule has 2 aliphatic heterocycles. The minimum Gasteiger partial charge on any atom is -0.497 e. The summed E-state index contributed by atoms with van der Waals surface area (Å²) >= 11 is 0. The molecule has 0 saturated carbocycles. The molecule has 0 radical (unpaired) electrons. The number of carbonyl (C=O) groups excluding carboxylic acids is 3. The van der Waals surface area contributed by atoms with E-state index in [0.29, 0.717) is 45.1 Å². The number of nitrogens with one attached hydrogen (secondary N) is 4. The van der Waals surface area contributed by atoms with E-state index in [9.17, 15) is 14.4 Å². The summed E-state index contributed by atoms with van der Waals surface area (Å²) < 4.78 is 5.19. The van der Waals surface area contributed by atoms with Gasteiger partial charge < -0.3 is 35.8 Å². The standard InChI is InChI=1S/C35H34N6O4/c1-40-15-17-41(18-16-40)28-12-10-25(11-13-28)36-22-31-30-14-9-24(20-32(30)39-34(31)43)33(42)23-5-3-6-26(19-23)37-35(44)38-27-7-4-8-29(21-27)45-2/h3-14,19-22,36H,15-18H2,1-2H3,(H,39,43)(H2,37,38,44)/b31-22+. The first-order valence-corrected chi connectivity index (χ1v) is 14.7. The van der Waals surface area contributed by atoms with Crippen LogP contribution in [0.5, 0.6) is 5.75 Å². The minimum absolute atomic E-state index is 0.236. The summed E-state index contributed by atoms with van der Waals surface area (Å²) in [6.45, 7) is 4.09. The number of anilines is 5. The first kappa shape index (κ1) is 29.5. The lowest BCUT2D eigenvalue weighted by Crippen LogP contribution is -2.44. The van der Waals surface area contributed by atoms with Gasteiger partial charge in [-0.25, -0.2) is 4.79 Å². The van der Waals surface area contributed by atoms with Crippen molar-refractivity contribution >= 4 is 51.7 Å². The molecule has 3 amide bonds. The maximum absolute atomic E-state index is 13.4. The number of ketones is 1. The lowest BCUT2D eigenvalue weighted by Gasteiger charge is -2.34. The molecule has 10 nitrogen and oxygen atoms in total. The van der Waals surface area contributed by atoms with Crippen LogP contribution in [0.4, 0.5) is 33.2 Å². The normalized spacial score (nSPS) is 15.3. The van der Waals surface area contributed by atoms with Crippen LogP contribution in [0.15, 0.2) is 97.2 Å². The summed E-state index contributed by atoms with van der Waals surface area (Å²) in [5.41, 5.74) is 5.67. The van der Waals surface area contributed by atoms with E-state index in [0.717, 1.165) is 31.9 Å². The van der Waals surface area contributed by atoms with Crippen LogP contribution >= 0.6 is 0 Å². The first-order valence-electron chi connectivity index (χ1n) is 14.7. The average Bonchev–Trinajstić information content (AvgIpc) is 3.38. The van der Waals surface area contributed by atoms with Crippen molar-refractivity contribution in [2.45, 2.75) is 0 Å². The van der Waals surface area contributed by atoms with Gasteiger partial charge in [0, 0.05) is 83.6 Å². The Hall–Kier alpha value is -5.61. The van der Waals surface area contributed by atoms with Crippen LogP contribution < -0.4 is 30.9 Å². The third-order valence-corrected chi connectivity index (χ3v) is 7.89. The van der Waals surface area contributed by atoms with Crippen molar-refractivity contribution < 1.29 is 19.1 Å². The second-order valence-corrected chi connectivity index (χ2v) is 11.0. The summed E-state index contributed by atoms with van der Waals surface area (Å²) in [6, 6.07) is 26.6. The third kappa shape index (κ3) is 6.81. The smallest absolute Gasteiger partial charge is 0.323 e. The Labute approximate surface area is 261 Å². The number of hydrogen-bond acceptors (Lipinski definition) is 7. The molecule has 10 heteroatoms. The second kappa shape index (κ2) is 12.9. The fourth-order valence-electron chi connectivity index (χ4n) is 5.37. The summed E-state index contributed by atoms with van der Waals surface area (Å²) in [6.07, 6.45) is 1.69. The van der Waals surface area contributed by atoms with E-state index in [1.165, 1.54) is 5.69 Å². The maximum Gasteiger partial charge on any atom is 0.323 e. The van der Waals surface area contributed by atoms with Crippen LogP contribution in [0.1, 0.15) is 21.5 Å². The lowest BCUT2D eigenvalue weighted by molar-refractivity contribution is -0.110. The van der Waals surface area contributed by atoms with Gasteiger partial charge in [-0.3, -0.25) is 9.59 Å². The van der Waals surface area contributed by atoms with E-state index < -0.39 is 6.03 Å². The van der Waals surface area contributed by atoms with Crippen LogP contribution in [0.25, 0.3) is 5.57 Å². The zero-order valence-corrected chi connectivity index (χ0v) is 25.1. The molecule has 0 atom stereocenters. The van der Waals surface area contributed by atoms with Crippen molar-refractivity contribution in [1.29, 1.82) is 0 Å². The van der Waals surface area contributed by atoms with E-state index in [2.05, 4.69) is 50.2 Å². The summed E-state index contributed by atoms with van der Waals surface area (Å²) in [5.74, 6) is 0.139. The SMILES string of the molecule is COc1cccc(NC(=O)Nc2cccc(C(=O)c3ccc4c(c3)NC(=O)/C4=C/Nc3ccc(N4CCN(C)CC4)cc3)c2)c1. The maximum atomic E-state index is 13.4. The molecule has 45 heavy (non-hydrogen) atoms. The zero-order valence-electron chi connectivity index (χ0n) is 25.1. The van der Waals surface area contributed by atoms with Crippen LogP contribution in [-0.2, 0) is 4.79 Å². The first-order chi connectivity index (χ1) is 21.9. The number of hydrogen-bond donors (Lipinski definition) is 4. The van der Waals surface area contributed by atoms with Gasteiger partial charge in [-0.05, 0) is 61.6 Å². The van der Waals surface area contributed by atoms with Crippen LogP contribution in [0, 0.1) is 0 Å². The number of rotatable bonds is 8. The largest absolute Gasteiger partial charge is 0.497 e. The predicted molar refractivity (Wildman–Crippen MR) is 178 cm³/mol. The molecule has 4 N–H and O–H groups in total. The van der Waals surface area contributed by atoms with Gasteiger partial charge in [0.1, 0.15) is 5.75 Å². The van der Waals surface area contributed by atoms with Gasteiger partial charge in [0.2, 0.25) is 0 Å². The van der Waals surface area contributed by atoms with Crippen molar-refractivity contribution in [1.82, 2.24) is 4.90 Å². The molecular formula is C35H34N6O4. The van der Waals surface area contributed by atoms with E-state index in [1.54, 1.807) is 80.0 Å². The van der Waals surface area contributed by atoms with Gasteiger partial charge in [-0.15, -0.1) is 0 Å². The summed E-state index contributed by atoms with van der Waals surface area (Å²) in [7, 11) is 3.69. The molecule has 2 aliphatic rings. The molecule has 4 aromatic carbocycles. The van der Waals surface area contributed by atoms with Gasteiger partial charge in [0.15, 0.2) is 5.78 Å². The third-order valence-electron chi connectivity index (χ3n) is 7.89. The van der Waals surface area contributed by atoms with Crippen LogP contribution in [0.3, 0.4) is 0 Å². The number of amides is 3. The monoisotopic (exact) mass is 602 g/mol. The zero-order chi connectivity index (χ0) is 31.3. The highest BCUT2D eigenvalue weighted by Crippen LogP contribution is 2.33. The van der Waals surface area contributed by atoms with Crippen molar-refractivity contribution in [3.63, 3.8) is 0 Å². The number of nitrogens with zero attached hydrogens (tertiary/aromatic N) is 2. The van der Waals surface area contributed by atoms with Crippen molar-refractivity contribution in [3.05, 3.63) is 114 Å². The van der Waals surface area contributed by atoms with Crippen molar-refractivity contribution in [2.24, 2.45) is 0 Å². The quantitative estimate of drug-likeness (QED) is 0.151. The fourth-order valence-corrected chi connectivity index (χ4v) is 5.37. The molecule has 228 valence electrons. The Morgan fingerprint density at radius 1 is 0.800 bits per heavy atom. The highest BCUT2D eigenvalue weighted by Gasteiger charge is 2.25. The van der Waals surface area contributed by atoms with E-state index in [4.69, 9.17) is 4.74 Å². The number of methoxy groups -OCH3 is 1. The van der Waals surface area contributed by atoms with Crippen LogP contribution in [0.2, 0.25) is 0 Å². The average molecular weight is 603 g/mol. The number of likely N-dealkylation sites (N-methyl/N-ethyl adjacent to an activating group) is 1. The van der Waals surface area contributed by atoms with Gasteiger partial charge in [-0.2, -0.15) is 0 Å². The Morgan fingerprint density at radius 3 is 2.22 bits per heavy atom. The van der Waals surface area contributed by atoms with Gasteiger partial charge >= 0.3 is 6.03 Å². The fraction of sp³-hybridized carbons (Fsp3) is 0.171. The van der Waals surface area contributed by atoms with Crippen LogP contribution in [-0.4, -0.2) is 63.0 Å². The molecule has 0 spiro atoms. The molecule has 1 saturated heterocycles. The highest BCUT2D eigenvalue weighted by molar-refractivity contribution is 6.32. The highest BCUT2D eigenvalue weighted by atomic mass is 16.5. The second-order valence-electron chi connectivity index (χ2n) is 11.0. The van der Waals surface area contributed by atoms with Crippen molar-refractivity contribution in [2.75, 3.05) is 66.5 Å². The predicted octanol–water partition coefficient (Wildman–Crippen LogP) is 5.73. The number of benzene rings is 4. The van der Waals surface area contributed by atoms with Gasteiger partial charge in [0.05, 0.1) is 12.7 Å². The number of carbonyl (C=O) groups is 3. The van der Waals surface area contributed by atoms with Gasteiger partial charge in [-0.1, -0.05) is 30.3 Å². The topological polar surface area (TPSA) is 115 Å². The molecule has 2 heterocycles. The lowest BCUT2D eigenvalue weighted by atomic mass is 9.99. The molecule has 4 aromatic rings. The number of urea groups is 1. The number of ether oxygens (including phenoxy) is 1. The van der Waals surface area contributed by atoms with E-state index in [1.807, 2.05) is 12.1 Å². The number of fused-ring (bicyclic) bond motifs is 1. The Balaban J connectivity index is 1.11. The molecule has 0 aliphatic carbocycles. The molecule has 1 fully saturated rings. The van der Waals surface area contributed by atoms with E-state index in [-0.39, 0.29) is 11.7 Å². The van der Waals surface area contributed by atoms with Gasteiger partial charge in [0.25, 0.3) is 5.91 Å². The summed E-state index contributed by atoms with van der Waals surface area (Å²) in [4.78, 5) is 43.5. The molecule has 6 rings (SSSR count). The summed E-state index contributed by atoms with van der Waals surface area (Å²) in [5, 5.41) is 11.6.